The maximum Gasteiger partial charge on any atom is 0.261 e. The second-order valence-electron chi connectivity index (χ2n) is 7.87. The number of rotatable bonds is 8. The average Bonchev–Trinajstić information content (AvgIpc) is 3.37. The Morgan fingerprint density at radius 3 is 2.33 bits per heavy atom. The number of carbonyl (C=O) groups excluding carboxylic acids is 2. The molecule has 2 amide bonds. The Morgan fingerprint density at radius 2 is 1.64 bits per heavy atom. The van der Waals surface area contributed by atoms with Gasteiger partial charge in [0, 0.05) is 0 Å². The summed E-state index contributed by atoms with van der Waals surface area (Å²) in [5.41, 5.74) is 1.80. The van der Waals surface area contributed by atoms with Crippen LogP contribution in [0.2, 0.25) is 5.02 Å². The minimum absolute atomic E-state index is 0.0383. The summed E-state index contributed by atoms with van der Waals surface area (Å²) in [4.78, 5) is 25.7. The number of para-hydroxylation sites is 1. The normalized spacial score (nSPS) is 11.1. The molecule has 184 valence electrons. The number of halogens is 1. The third-order valence-corrected chi connectivity index (χ3v) is 6.93. The van der Waals surface area contributed by atoms with Crippen molar-refractivity contribution in [2.75, 3.05) is 10.0 Å². The molecule has 1 heterocycles. The zero-order valence-corrected chi connectivity index (χ0v) is 20.7. The smallest absolute Gasteiger partial charge is 0.261 e. The summed E-state index contributed by atoms with van der Waals surface area (Å²) in [5, 5.41) is 5.47. The minimum Gasteiger partial charge on any atom is -0.467 e. The molecule has 36 heavy (non-hydrogen) atoms. The van der Waals surface area contributed by atoms with Crippen molar-refractivity contribution in [2.24, 2.45) is 0 Å². The molecule has 0 aliphatic heterocycles. The van der Waals surface area contributed by atoms with Crippen LogP contribution in [-0.2, 0) is 16.6 Å². The molecule has 0 radical (unpaired) electrons. The number of hydrogen-bond donors (Lipinski definition) is 3. The number of carbonyl (C=O) groups is 2. The van der Waals surface area contributed by atoms with E-state index in [0.29, 0.717) is 11.4 Å². The molecule has 1 aromatic heterocycles. The third kappa shape index (κ3) is 5.94. The quantitative estimate of drug-likeness (QED) is 0.292. The largest absolute Gasteiger partial charge is 0.467 e. The lowest BCUT2D eigenvalue weighted by Gasteiger charge is -2.13. The van der Waals surface area contributed by atoms with Gasteiger partial charge in [-0.25, -0.2) is 8.42 Å². The standard InChI is InChI=1S/C26H22ClN3O5S/c1-17-8-11-20(12-9-17)36(33,34)30-18-10-13-21(23(27)15-18)26(32)29-24-7-3-2-6-22(24)25(31)28-16-19-5-4-14-35-19/h2-15,30H,16H2,1H3,(H,28,31)(H,29,32). The highest BCUT2D eigenvalue weighted by atomic mass is 35.5. The first-order valence-corrected chi connectivity index (χ1v) is 12.7. The van der Waals surface area contributed by atoms with Crippen molar-refractivity contribution in [3.63, 3.8) is 0 Å². The van der Waals surface area contributed by atoms with Crippen molar-refractivity contribution in [3.8, 4) is 0 Å². The summed E-state index contributed by atoms with van der Waals surface area (Å²) in [6, 6.07) is 20.6. The molecule has 0 unspecified atom stereocenters. The van der Waals surface area contributed by atoms with Crippen molar-refractivity contribution in [3.05, 3.63) is 113 Å². The van der Waals surface area contributed by atoms with Crippen molar-refractivity contribution in [1.82, 2.24) is 5.32 Å². The van der Waals surface area contributed by atoms with Crippen molar-refractivity contribution < 1.29 is 22.4 Å². The van der Waals surface area contributed by atoms with Crippen LogP contribution in [0.1, 0.15) is 32.0 Å². The lowest BCUT2D eigenvalue weighted by atomic mass is 10.1. The zero-order chi connectivity index (χ0) is 25.7. The molecule has 10 heteroatoms. The van der Waals surface area contributed by atoms with E-state index in [1.807, 2.05) is 6.92 Å². The monoisotopic (exact) mass is 523 g/mol. The van der Waals surface area contributed by atoms with Crippen LogP contribution < -0.4 is 15.4 Å². The van der Waals surface area contributed by atoms with Crippen LogP contribution >= 0.6 is 11.6 Å². The van der Waals surface area contributed by atoms with E-state index in [9.17, 15) is 18.0 Å². The van der Waals surface area contributed by atoms with Gasteiger partial charge in [-0.05, 0) is 61.5 Å². The summed E-state index contributed by atoms with van der Waals surface area (Å²) in [6.07, 6.45) is 1.51. The number of hydrogen-bond acceptors (Lipinski definition) is 5. The lowest BCUT2D eigenvalue weighted by molar-refractivity contribution is 0.0949. The maximum atomic E-state index is 12.9. The Kier molecular flexibility index (Phi) is 7.42. The predicted molar refractivity (Wildman–Crippen MR) is 138 cm³/mol. The van der Waals surface area contributed by atoms with Crippen molar-refractivity contribution in [1.29, 1.82) is 0 Å². The molecule has 4 rings (SSSR count). The SMILES string of the molecule is Cc1ccc(S(=O)(=O)Nc2ccc(C(=O)Nc3ccccc3C(=O)NCc3ccco3)c(Cl)c2)cc1. The minimum atomic E-state index is -3.83. The van der Waals surface area contributed by atoms with Crippen molar-refractivity contribution in [2.45, 2.75) is 18.4 Å². The highest BCUT2D eigenvalue weighted by Gasteiger charge is 2.18. The number of furan rings is 1. The molecule has 3 aromatic carbocycles. The van der Waals surface area contributed by atoms with Crippen LogP contribution in [0.4, 0.5) is 11.4 Å². The molecule has 4 aromatic rings. The summed E-state index contributed by atoms with van der Waals surface area (Å²) in [5.74, 6) is -0.358. The van der Waals surface area contributed by atoms with E-state index in [0.717, 1.165) is 5.56 Å². The number of aryl methyl sites for hydroxylation is 1. The van der Waals surface area contributed by atoms with Crippen LogP contribution in [0.3, 0.4) is 0 Å². The van der Waals surface area contributed by atoms with E-state index in [2.05, 4.69) is 15.4 Å². The molecular weight excluding hydrogens is 502 g/mol. The average molecular weight is 524 g/mol. The van der Waals surface area contributed by atoms with Gasteiger partial charge in [-0.3, -0.25) is 14.3 Å². The van der Waals surface area contributed by atoms with Gasteiger partial charge in [0.1, 0.15) is 5.76 Å². The van der Waals surface area contributed by atoms with E-state index in [1.165, 1.54) is 36.6 Å². The van der Waals surface area contributed by atoms with Gasteiger partial charge in [0.15, 0.2) is 0 Å². The Bertz CT molecular complexity index is 1500. The van der Waals surface area contributed by atoms with E-state index in [-0.39, 0.29) is 33.3 Å². The molecule has 0 atom stereocenters. The van der Waals surface area contributed by atoms with Crippen LogP contribution in [0.25, 0.3) is 0 Å². The van der Waals surface area contributed by atoms with Gasteiger partial charge in [0.2, 0.25) is 0 Å². The summed E-state index contributed by atoms with van der Waals surface area (Å²) in [7, 11) is -3.83. The first kappa shape index (κ1) is 25.0. The van der Waals surface area contributed by atoms with Gasteiger partial charge < -0.3 is 15.1 Å². The van der Waals surface area contributed by atoms with Gasteiger partial charge in [0.05, 0.1) is 45.2 Å². The Hall–Kier alpha value is -4.08. The number of benzene rings is 3. The van der Waals surface area contributed by atoms with E-state index in [1.54, 1.807) is 48.5 Å². The molecule has 8 nitrogen and oxygen atoms in total. The van der Waals surface area contributed by atoms with Crippen molar-refractivity contribution >= 4 is 44.8 Å². The summed E-state index contributed by atoms with van der Waals surface area (Å²) in [6.45, 7) is 2.05. The predicted octanol–water partition coefficient (Wildman–Crippen LogP) is 5.22. The van der Waals surface area contributed by atoms with Crippen LogP contribution in [0.5, 0.6) is 0 Å². The lowest BCUT2D eigenvalue weighted by Crippen LogP contribution is -2.24. The second kappa shape index (κ2) is 10.7. The molecule has 0 saturated carbocycles. The molecule has 0 saturated heterocycles. The fraction of sp³-hybridized carbons (Fsp3) is 0.0769. The fourth-order valence-electron chi connectivity index (χ4n) is 3.35. The second-order valence-corrected chi connectivity index (χ2v) is 9.96. The van der Waals surface area contributed by atoms with E-state index >= 15 is 0 Å². The first-order chi connectivity index (χ1) is 17.2. The van der Waals surface area contributed by atoms with E-state index in [4.69, 9.17) is 16.0 Å². The Balaban J connectivity index is 1.47. The number of anilines is 2. The van der Waals surface area contributed by atoms with Gasteiger partial charge in [0.25, 0.3) is 21.8 Å². The third-order valence-electron chi connectivity index (χ3n) is 5.22. The molecule has 3 N–H and O–H groups in total. The first-order valence-electron chi connectivity index (χ1n) is 10.8. The van der Waals surface area contributed by atoms with Gasteiger partial charge in [-0.2, -0.15) is 0 Å². The number of amides is 2. The van der Waals surface area contributed by atoms with Gasteiger partial charge >= 0.3 is 0 Å². The van der Waals surface area contributed by atoms with Gasteiger partial charge in [-0.15, -0.1) is 0 Å². The van der Waals surface area contributed by atoms with Crippen LogP contribution in [0, 0.1) is 6.92 Å². The Labute approximate surface area is 213 Å². The topological polar surface area (TPSA) is 118 Å². The van der Waals surface area contributed by atoms with E-state index < -0.39 is 21.8 Å². The summed E-state index contributed by atoms with van der Waals surface area (Å²) < 4.78 is 32.9. The highest BCUT2D eigenvalue weighted by molar-refractivity contribution is 7.92. The maximum absolute atomic E-state index is 12.9. The molecule has 0 aliphatic carbocycles. The van der Waals surface area contributed by atoms with Crippen LogP contribution in [-0.4, -0.2) is 20.2 Å². The molecular formula is C26H22ClN3O5S. The molecule has 0 aliphatic rings. The van der Waals surface area contributed by atoms with Crippen LogP contribution in [0.15, 0.2) is 94.4 Å². The molecule has 0 bridgehead atoms. The fourth-order valence-corrected chi connectivity index (χ4v) is 4.67. The van der Waals surface area contributed by atoms with Gasteiger partial charge in [-0.1, -0.05) is 41.4 Å². The molecule has 0 fully saturated rings. The Morgan fingerprint density at radius 1 is 0.889 bits per heavy atom. The number of nitrogens with one attached hydrogen (secondary N) is 3. The molecule has 0 spiro atoms. The number of sulfonamides is 1. The highest BCUT2D eigenvalue weighted by Crippen LogP contribution is 2.25. The summed E-state index contributed by atoms with van der Waals surface area (Å²) >= 11 is 6.31. The zero-order valence-electron chi connectivity index (χ0n) is 19.1.